The number of rotatable bonds is 12. The van der Waals surface area contributed by atoms with E-state index in [2.05, 4.69) is 16.4 Å². The van der Waals surface area contributed by atoms with Crippen molar-refractivity contribution in [2.75, 3.05) is 33.4 Å². The second-order valence-corrected chi connectivity index (χ2v) is 10.2. The molecular weight excluding hydrogens is 546 g/mol. The highest BCUT2D eigenvalue weighted by molar-refractivity contribution is 6.17. The molecule has 0 aliphatic carbocycles. The van der Waals surface area contributed by atoms with E-state index in [0.29, 0.717) is 64.9 Å². The van der Waals surface area contributed by atoms with E-state index in [0.717, 1.165) is 22.4 Å². The lowest BCUT2D eigenvalue weighted by Crippen LogP contribution is -2.28. The van der Waals surface area contributed by atoms with Crippen molar-refractivity contribution in [3.8, 4) is 17.2 Å². The number of ether oxygens (including phenoxy) is 3. The van der Waals surface area contributed by atoms with Crippen LogP contribution in [0.3, 0.4) is 0 Å². The molecule has 1 unspecified atom stereocenters. The SMILES string of the molecule is CCOC(=O)c1c(C)oc2c1c(C(NCCN)c1ccncc1)c(O)c1cc(OCCc3cccc(OC)c3C)ccc12. The van der Waals surface area contributed by atoms with Crippen molar-refractivity contribution in [3.63, 3.8) is 0 Å². The number of aryl methyl sites for hydroxylation is 1. The van der Waals surface area contributed by atoms with Gasteiger partial charge in [0.1, 0.15) is 34.2 Å². The van der Waals surface area contributed by atoms with E-state index in [-0.39, 0.29) is 17.9 Å². The molecule has 43 heavy (non-hydrogen) atoms. The molecule has 2 heterocycles. The second kappa shape index (κ2) is 13.1. The lowest BCUT2D eigenvalue weighted by Gasteiger charge is -2.23. The Balaban J connectivity index is 1.64. The van der Waals surface area contributed by atoms with Gasteiger partial charge in [-0.15, -0.1) is 0 Å². The van der Waals surface area contributed by atoms with Crippen LogP contribution in [0.2, 0.25) is 0 Å². The fourth-order valence-electron chi connectivity index (χ4n) is 5.59. The highest BCUT2D eigenvalue weighted by atomic mass is 16.5. The number of benzene rings is 3. The molecule has 224 valence electrons. The van der Waals surface area contributed by atoms with Crippen molar-refractivity contribution in [2.45, 2.75) is 33.2 Å². The summed E-state index contributed by atoms with van der Waals surface area (Å²) in [6.07, 6.45) is 4.06. The van der Waals surface area contributed by atoms with Crippen LogP contribution in [0.15, 0.2) is 65.3 Å². The Bertz CT molecular complexity index is 1750. The zero-order valence-electron chi connectivity index (χ0n) is 24.9. The molecular formula is C34H37N3O6. The lowest BCUT2D eigenvalue weighted by atomic mass is 9.90. The molecule has 0 bridgehead atoms. The van der Waals surface area contributed by atoms with Gasteiger partial charge in [-0.1, -0.05) is 12.1 Å². The number of phenols is 1. The van der Waals surface area contributed by atoms with Crippen molar-refractivity contribution in [1.82, 2.24) is 10.3 Å². The van der Waals surface area contributed by atoms with E-state index < -0.39 is 12.0 Å². The lowest BCUT2D eigenvalue weighted by molar-refractivity contribution is 0.0526. The van der Waals surface area contributed by atoms with E-state index in [4.69, 9.17) is 24.4 Å². The van der Waals surface area contributed by atoms with Crippen molar-refractivity contribution in [3.05, 3.63) is 94.5 Å². The van der Waals surface area contributed by atoms with Crippen molar-refractivity contribution < 1.29 is 28.5 Å². The molecule has 0 amide bonds. The molecule has 4 N–H and O–H groups in total. The highest BCUT2D eigenvalue weighted by Crippen LogP contribution is 2.46. The minimum Gasteiger partial charge on any atom is -0.507 e. The summed E-state index contributed by atoms with van der Waals surface area (Å²) >= 11 is 0. The Morgan fingerprint density at radius 3 is 2.63 bits per heavy atom. The molecule has 2 aromatic heterocycles. The molecule has 0 aliphatic heterocycles. The Kier molecular flexibility index (Phi) is 9.13. The number of phenolic OH excluding ortho intramolecular Hbond substituents is 1. The number of nitrogens with one attached hydrogen (secondary N) is 1. The number of pyridine rings is 1. The molecule has 9 heteroatoms. The van der Waals surface area contributed by atoms with Gasteiger partial charge in [0.15, 0.2) is 0 Å². The van der Waals surface area contributed by atoms with Gasteiger partial charge in [0.05, 0.1) is 26.4 Å². The van der Waals surface area contributed by atoms with Crippen LogP contribution >= 0.6 is 0 Å². The third kappa shape index (κ3) is 5.86. The fourth-order valence-corrected chi connectivity index (χ4v) is 5.59. The molecule has 0 saturated carbocycles. The third-order valence-corrected chi connectivity index (χ3v) is 7.66. The first-order valence-electron chi connectivity index (χ1n) is 14.4. The molecule has 0 spiro atoms. The number of furan rings is 1. The van der Waals surface area contributed by atoms with E-state index >= 15 is 0 Å². The quantitative estimate of drug-likeness (QED) is 0.157. The maximum Gasteiger partial charge on any atom is 0.342 e. The van der Waals surface area contributed by atoms with Crippen molar-refractivity contribution >= 4 is 27.7 Å². The molecule has 0 radical (unpaired) electrons. The Morgan fingerprint density at radius 2 is 1.91 bits per heavy atom. The Labute approximate surface area is 250 Å². The van der Waals surface area contributed by atoms with Gasteiger partial charge in [-0.05, 0) is 73.9 Å². The molecule has 3 aromatic carbocycles. The minimum absolute atomic E-state index is 0.00859. The Hall–Kier alpha value is -4.60. The first-order chi connectivity index (χ1) is 20.9. The van der Waals surface area contributed by atoms with Gasteiger partial charge in [-0.2, -0.15) is 0 Å². The second-order valence-electron chi connectivity index (χ2n) is 10.2. The van der Waals surface area contributed by atoms with Gasteiger partial charge in [-0.3, -0.25) is 4.98 Å². The van der Waals surface area contributed by atoms with Crippen molar-refractivity contribution in [2.24, 2.45) is 5.73 Å². The predicted molar refractivity (Wildman–Crippen MR) is 166 cm³/mol. The summed E-state index contributed by atoms with van der Waals surface area (Å²) in [6, 6.07) is 14.7. The average Bonchev–Trinajstić information content (AvgIpc) is 3.36. The van der Waals surface area contributed by atoms with E-state index in [1.54, 1.807) is 39.4 Å². The fraction of sp³-hybridized carbons (Fsp3) is 0.294. The van der Waals surface area contributed by atoms with Crippen LogP contribution in [-0.4, -0.2) is 49.5 Å². The summed E-state index contributed by atoms with van der Waals surface area (Å²) in [7, 11) is 1.66. The summed E-state index contributed by atoms with van der Waals surface area (Å²) in [5, 5.41) is 17.1. The summed E-state index contributed by atoms with van der Waals surface area (Å²) in [5.74, 6) is 1.33. The monoisotopic (exact) mass is 583 g/mol. The normalized spacial score (nSPS) is 12.0. The predicted octanol–water partition coefficient (Wildman–Crippen LogP) is 5.75. The zero-order valence-corrected chi connectivity index (χ0v) is 24.9. The highest BCUT2D eigenvalue weighted by Gasteiger charge is 2.31. The van der Waals surface area contributed by atoms with Gasteiger partial charge in [-0.25, -0.2) is 4.79 Å². The number of carbonyl (C=O) groups is 1. The standard InChI is InChI=1S/C34H37N3O6/c1-5-41-34(39)28-21(3)43-33-25-10-9-24(42-18-13-22-7-6-8-27(40-4)20(22)2)19-26(25)32(38)30(29(28)33)31(37-17-14-35)23-11-15-36-16-12-23/h6-12,15-16,19,31,37-38H,5,13-14,17-18,35H2,1-4H3. The van der Waals surface area contributed by atoms with Crippen molar-refractivity contribution in [1.29, 1.82) is 0 Å². The summed E-state index contributed by atoms with van der Waals surface area (Å²) in [5.41, 5.74) is 10.2. The van der Waals surface area contributed by atoms with Crippen LogP contribution in [0, 0.1) is 13.8 Å². The molecule has 5 rings (SSSR count). The van der Waals surface area contributed by atoms with E-state index in [9.17, 15) is 9.90 Å². The molecule has 0 saturated heterocycles. The van der Waals surface area contributed by atoms with Crippen LogP contribution in [0.1, 0.15) is 51.3 Å². The largest absolute Gasteiger partial charge is 0.507 e. The maximum atomic E-state index is 13.2. The number of esters is 1. The number of fused-ring (bicyclic) bond motifs is 3. The van der Waals surface area contributed by atoms with Gasteiger partial charge < -0.3 is 34.8 Å². The number of carbonyl (C=O) groups excluding carboxylic acids is 1. The maximum absolute atomic E-state index is 13.2. The molecule has 5 aromatic rings. The number of aromatic hydroxyl groups is 1. The smallest absolute Gasteiger partial charge is 0.342 e. The van der Waals surface area contributed by atoms with Crippen LogP contribution in [-0.2, 0) is 11.2 Å². The van der Waals surface area contributed by atoms with Crippen LogP contribution < -0.4 is 20.5 Å². The average molecular weight is 584 g/mol. The molecule has 0 aliphatic rings. The molecule has 1 atom stereocenters. The summed E-state index contributed by atoms with van der Waals surface area (Å²) in [6.45, 7) is 6.98. The zero-order chi connectivity index (χ0) is 30.5. The van der Waals surface area contributed by atoms with Gasteiger partial charge in [0.2, 0.25) is 0 Å². The number of nitrogens with zero attached hydrogens (tertiary/aromatic N) is 1. The van der Waals surface area contributed by atoms with Gasteiger partial charge in [0, 0.05) is 53.6 Å². The Morgan fingerprint density at radius 1 is 1.12 bits per heavy atom. The summed E-state index contributed by atoms with van der Waals surface area (Å²) < 4.78 is 23.3. The van der Waals surface area contributed by atoms with Crippen LogP contribution in [0.5, 0.6) is 17.2 Å². The van der Waals surface area contributed by atoms with Gasteiger partial charge >= 0.3 is 5.97 Å². The van der Waals surface area contributed by atoms with Crippen LogP contribution in [0.25, 0.3) is 21.7 Å². The molecule has 0 fully saturated rings. The van der Waals surface area contributed by atoms with Gasteiger partial charge in [0.25, 0.3) is 0 Å². The number of nitrogens with two attached hydrogens (primary N) is 1. The number of methoxy groups -OCH3 is 1. The van der Waals surface area contributed by atoms with E-state index in [1.165, 1.54) is 0 Å². The number of hydrogen-bond donors (Lipinski definition) is 3. The van der Waals surface area contributed by atoms with E-state index in [1.807, 2.05) is 43.3 Å². The summed E-state index contributed by atoms with van der Waals surface area (Å²) in [4.78, 5) is 17.4. The first kappa shape index (κ1) is 29.9. The minimum atomic E-state index is -0.524. The number of hydrogen-bond acceptors (Lipinski definition) is 9. The third-order valence-electron chi connectivity index (χ3n) is 7.66. The first-order valence-corrected chi connectivity index (χ1v) is 14.4. The topological polar surface area (TPSA) is 129 Å². The molecule has 9 nitrogen and oxygen atoms in total. The number of aromatic nitrogens is 1. The van der Waals surface area contributed by atoms with Crippen LogP contribution in [0.4, 0.5) is 0 Å².